The number of benzene rings is 3. The predicted molar refractivity (Wildman–Crippen MR) is 171 cm³/mol. The number of nitrogens with zero attached hydrogens (tertiary/aromatic N) is 2. The number of aryl methyl sites for hydroxylation is 1. The summed E-state index contributed by atoms with van der Waals surface area (Å²) in [6, 6.07) is 21.0. The maximum absolute atomic E-state index is 12.7. The van der Waals surface area contributed by atoms with Crippen molar-refractivity contribution in [1.29, 1.82) is 0 Å². The average molecular weight is 582 g/mol. The van der Waals surface area contributed by atoms with Crippen LogP contribution in [0.5, 0.6) is 0 Å². The van der Waals surface area contributed by atoms with Gasteiger partial charge in [0.1, 0.15) is 6.29 Å². The van der Waals surface area contributed by atoms with Gasteiger partial charge in [-0.05, 0) is 94.3 Å². The molecule has 1 heterocycles. The first kappa shape index (κ1) is 30.0. The highest BCUT2D eigenvalue weighted by atomic mass is 16.4. The highest BCUT2D eigenvalue weighted by Gasteiger charge is 2.32. The van der Waals surface area contributed by atoms with Crippen LogP contribution in [0.4, 0.5) is 10.5 Å². The van der Waals surface area contributed by atoms with Crippen LogP contribution < -0.4 is 16.0 Å². The molecule has 0 unspecified atom stereocenters. The standard InChI is InChI=1S/C35H39N3O5/c1-35(2,3)36-27-14-16-28(17-15-27)38(33(40)41)30-18-12-24(21-29(30)26-10-5-4-6-11-26)9-7-8-20-37-31-19-13-25(23-39)22-32(31)43-34(37)42/h4-7,9-13,18-19,21-23,27-28,36H,8,14-17,20H2,1-3H3,(H,40,41)/t27-,28-. The van der Waals surface area contributed by atoms with Crippen molar-refractivity contribution in [3.05, 3.63) is 94.5 Å². The Labute approximate surface area is 251 Å². The number of carbonyl (C=O) groups is 2. The summed E-state index contributed by atoms with van der Waals surface area (Å²) >= 11 is 0. The Balaban J connectivity index is 1.36. The molecule has 5 rings (SSSR count). The van der Waals surface area contributed by atoms with Gasteiger partial charge in [-0.1, -0.05) is 48.6 Å². The number of aldehydes is 1. The lowest BCUT2D eigenvalue weighted by Gasteiger charge is -2.38. The molecule has 0 radical (unpaired) electrons. The lowest BCUT2D eigenvalue weighted by Crippen LogP contribution is -2.49. The van der Waals surface area contributed by atoms with Crippen LogP contribution in [0, 0.1) is 0 Å². The summed E-state index contributed by atoms with van der Waals surface area (Å²) in [4.78, 5) is 37.7. The van der Waals surface area contributed by atoms with Crippen molar-refractivity contribution < 1.29 is 19.1 Å². The van der Waals surface area contributed by atoms with E-state index in [1.54, 1.807) is 27.7 Å². The second-order valence-electron chi connectivity index (χ2n) is 12.3. The van der Waals surface area contributed by atoms with Gasteiger partial charge in [0, 0.05) is 35.3 Å². The van der Waals surface area contributed by atoms with Gasteiger partial charge in [0.2, 0.25) is 0 Å². The minimum absolute atomic E-state index is 0.0250. The van der Waals surface area contributed by atoms with Gasteiger partial charge in [-0.3, -0.25) is 14.3 Å². The van der Waals surface area contributed by atoms with Gasteiger partial charge in [-0.15, -0.1) is 0 Å². The number of nitrogens with one attached hydrogen (secondary N) is 1. The zero-order chi connectivity index (χ0) is 30.6. The molecule has 1 amide bonds. The molecule has 0 bridgehead atoms. The number of carboxylic acid groups (broad SMARTS) is 1. The van der Waals surface area contributed by atoms with Crippen molar-refractivity contribution in [2.24, 2.45) is 0 Å². The summed E-state index contributed by atoms with van der Waals surface area (Å²) in [6.45, 7) is 6.91. The van der Waals surface area contributed by atoms with Crippen LogP contribution in [0.15, 0.2) is 82.0 Å². The van der Waals surface area contributed by atoms with Crippen LogP contribution in [0.1, 0.15) is 68.8 Å². The number of amides is 1. The van der Waals surface area contributed by atoms with Crippen LogP contribution in [0.2, 0.25) is 0 Å². The molecule has 1 aliphatic rings. The molecule has 1 aromatic heterocycles. The van der Waals surface area contributed by atoms with Crippen LogP contribution in [-0.4, -0.2) is 39.7 Å². The van der Waals surface area contributed by atoms with E-state index in [4.69, 9.17) is 4.42 Å². The summed E-state index contributed by atoms with van der Waals surface area (Å²) in [5.74, 6) is -0.459. The van der Waals surface area contributed by atoms with Crippen molar-refractivity contribution in [3.8, 4) is 11.1 Å². The van der Waals surface area contributed by atoms with Gasteiger partial charge in [-0.2, -0.15) is 0 Å². The largest absolute Gasteiger partial charge is 0.465 e. The van der Waals surface area contributed by atoms with E-state index in [2.05, 4.69) is 26.1 Å². The van der Waals surface area contributed by atoms with E-state index in [1.807, 2.05) is 60.7 Å². The molecule has 1 fully saturated rings. The summed E-state index contributed by atoms with van der Waals surface area (Å²) in [6.07, 6.45) is 7.81. The minimum Gasteiger partial charge on any atom is -0.465 e. The Kier molecular flexibility index (Phi) is 8.97. The molecule has 4 aromatic rings. The molecule has 8 heteroatoms. The molecule has 8 nitrogen and oxygen atoms in total. The minimum atomic E-state index is -0.939. The molecule has 0 atom stereocenters. The number of allylic oxidation sites excluding steroid dienone is 1. The van der Waals surface area contributed by atoms with Crippen molar-refractivity contribution in [2.45, 2.75) is 77.0 Å². The number of anilines is 1. The van der Waals surface area contributed by atoms with Crippen LogP contribution in [-0.2, 0) is 6.54 Å². The molecule has 2 N–H and O–H groups in total. The zero-order valence-corrected chi connectivity index (χ0v) is 25.0. The Morgan fingerprint density at radius 2 is 1.74 bits per heavy atom. The SMILES string of the molecule is CC(C)(C)N[C@H]1CC[C@H](N(C(=O)O)c2ccc(C=CCCn3c(=O)oc4cc(C=O)ccc43)cc2-c2ccccc2)CC1. The maximum Gasteiger partial charge on any atom is 0.419 e. The van der Waals surface area contributed by atoms with Crippen LogP contribution in [0.25, 0.3) is 28.3 Å². The second-order valence-corrected chi connectivity index (χ2v) is 12.3. The Bertz CT molecular complexity index is 1670. The first-order valence-corrected chi connectivity index (χ1v) is 14.9. The Morgan fingerprint density at radius 1 is 1.02 bits per heavy atom. The normalized spacial score (nSPS) is 17.4. The van der Waals surface area contributed by atoms with Gasteiger partial charge in [0.25, 0.3) is 0 Å². The highest BCUT2D eigenvalue weighted by molar-refractivity contribution is 5.94. The van der Waals surface area contributed by atoms with E-state index < -0.39 is 11.8 Å². The number of oxazole rings is 1. The lowest BCUT2D eigenvalue weighted by molar-refractivity contribution is 0.112. The van der Waals surface area contributed by atoms with Crippen LogP contribution >= 0.6 is 0 Å². The Hall–Kier alpha value is -4.43. The van der Waals surface area contributed by atoms with Gasteiger partial charge in [0.05, 0.1) is 11.2 Å². The van der Waals surface area contributed by atoms with E-state index in [0.717, 1.165) is 48.7 Å². The molecule has 3 aromatic carbocycles. The number of hydrogen-bond donors (Lipinski definition) is 2. The van der Waals surface area contributed by atoms with Crippen LogP contribution in [0.3, 0.4) is 0 Å². The fourth-order valence-corrected chi connectivity index (χ4v) is 6.05. The van der Waals surface area contributed by atoms with Crippen molar-refractivity contribution in [1.82, 2.24) is 9.88 Å². The van der Waals surface area contributed by atoms with E-state index in [0.29, 0.717) is 41.4 Å². The Morgan fingerprint density at radius 3 is 2.42 bits per heavy atom. The number of fused-ring (bicyclic) bond motifs is 1. The molecular weight excluding hydrogens is 542 g/mol. The second kappa shape index (κ2) is 12.8. The quantitative estimate of drug-likeness (QED) is 0.200. The average Bonchev–Trinajstić information content (AvgIpc) is 3.30. The first-order valence-electron chi connectivity index (χ1n) is 14.9. The molecule has 0 aliphatic heterocycles. The summed E-state index contributed by atoms with van der Waals surface area (Å²) in [5.41, 5.74) is 4.96. The third kappa shape index (κ3) is 7.14. The fourth-order valence-electron chi connectivity index (χ4n) is 6.05. The molecule has 224 valence electrons. The van der Waals surface area contributed by atoms with E-state index in [9.17, 15) is 19.5 Å². The van der Waals surface area contributed by atoms with Crippen molar-refractivity contribution in [3.63, 3.8) is 0 Å². The number of hydrogen-bond acceptors (Lipinski definition) is 5. The molecular formula is C35H39N3O5. The molecule has 43 heavy (non-hydrogen) atoms. The predicted octanol–water partition coefficient (Wildman–Crippen LogP) is 7.36. The maximum atomic E-state index is 12.7. The monoisotopic (exact) mass is 581 g/mol. The van der Waals surface area contributed by atoms with Crippen molar-refractivity contribution in [2.75, 3.05) is 4.90 Å². The van der Waals surface area contributed by atoms with Gasteiger partial charge in [0.15, 0.2) is 5.58 Å². The van der Waals surface area contributed by atoms with E-state index >= 15 is 0 Å². The lowest BCUT2D eigenvalue weighted by atomic mass is 9.88. The smallest absolute Gasteiger partial charge is 0.419 e. The number of aromatic nitrogens is 1. The third-order valence-electron chi connectivity index (χ3n) is 7.93. The third-order valence-corrected chi connectivity index (χ3v) is 7.93. The topological polar surface area (TPSA) is 105 Å². The van der Waals surface area contributed by atoms with Crippen molar-refractivity contribution >= 4 is 35.2 Å². The van der Waals surface area contributed by atoms with Gasteiger partial charge >= 0.3 is 11.8 Å². The number of rotatable bonds is 9. The molecule has 1 aliphatic carbocycles. The van der Waals surface area contributed by atoms with Gasteiger partial charge in [-0.25, -0.2) is 9.59 Å². The van der Waals surface area contributed by atoms with E-state index in [-0.39, 0.29) is 11.6 Å². The summed E-state index contributed by atoms with van der Waals surface area (Å²) in [7, 11) is 0. The zero-order valence-electron chi connectivity index (χ0n) is 25.0. The first-order chi connectivity index (χ1) is 20.6. The van der Waals surface area contributed by atoms with E-state index in [1.165, 1.54) is 0 Å². The highest BCUT2D eigenvalue weighted by Crippen LogP contribution is 2.36. The molecule has 0 spiro atoms. The summed E-state index contributed by atoms with van der Waals surface area (Å²) < 4.78 is 6.88. The molecule has 1 saturated carbocycles. The number of carbonyl (C=O) groups excluding carboxylic acids is 1. The summed E-state index contributed by atoms with van der Waals surface area (Å²) in [5, 5.41) is 14.1. The van der Waals surface area contributed by atoms with Gasteiger partial charge < -0.3 is 14.8 Å². The molecule has 0 saturated heterocycles. The fraction of sp³-hybridized carbons (Fsp3) is 0.343.